The molecule has 3 rings (SSSR count). The number of rotatable bonds is 6. The number of H-pyrrole nitrogens is 1. The molecule has 0 aliphatic rings. The number of amides is 1. The van der Waals surface area contributed by atoms with Crippen molar-refractivity contribution in [2.24, 2.45) is 0 Å². The van der Waals surface area contributed by atoms with Crippen LogP contribution in [0, 0.1) is 0 Å². The smallest absolute Gasteiger partial charge is 0.264 e. The molecule has 3 aromatic rings. The average Bonchev–Trinajstić information content (AvgIpc) is 3.11. The number of carbonyl (C=O) groups is 1. The number of hydrogen-bond donors (Lipinski definition) is 2. The summed E-state index contributed by atoms with van der Waals surface area (Å²) in [5, 5.41) is 12.6. The van der Waals surface area contributed by atoms with Crippen molar-refractivity contribution in [2.75, 3.05) is 5.32 Å². The van der Waals surface area contributed by atoms with Crippen molar-refractivity contribution in [1.82, 2.24) is 20.2 Å². The first-order chi connectivity index (χ1) is 13.0. The maximum absolute atomic E-state index is 12.4. The third kappa shape index (κ3) is 4.40. The molecule has 0 radical (unpaired) electrons. The summed E-state index contributed by atoms with van der Waals surface area (Å²) >= 11 is 7.18. The largest absolute Gasteiger partial charge is 0.306 e. The van der Waals surface area contributed by atoms with Crippen molar-refractivity contribution in [3.8, 4) is 11.4 Å². The van der Waals surface area contributed by atoms with Crippen LogP contribution in [-0.2, 0) is 0 Å². The summed E-state index contributed by atoms with van der Waals surface area (Å²) in [5.74, 6) is 0.107. The number of nitrogens with one attached hydrogen (secondary N) is 2. The molecule has 0 spiro atoms. The molecule has 2 heterocycles. The normalized spacial score (nSPS) is 11.0. The van der Waals surface area contributed by atoms with E-state index < -0.39 is 11.5 Å². The lowest BCUT2D eigenvalue weighted by atomic mass is 10.1. The number of benzene rings is 1. The Morgan fingerprint density at radius 1 is 1.22 bits per heavy atom. The Morgan fingerprint density at radius 3 is 2.56 bits per heavy atom. The molecule has 0 saturated carbocycles. The number of carbonyl (C=O) groups excluding carboxylic acids is 1. The van der Waals surface area contributed by atoms with Crippen LogP contribution in [0.25, 0.3) is 11.4 Å². The summed E-state index contributed by atoms with van der Waals surface area (Å²) in [5.41, 5.74) is 0.0755. The van der Waals surface area contributed by atoms with Crippen LogP contribution in [0.1, 0.15) is 48.0 Å². The monoisotopic (exact) mass is 403 g/mol. The van der Waals surface area contributed by atoms with Gasteiger partial charge >= 0.3 is 0 Å². The summed E-state index contributed by atoms with van der Waals surface area (Å²) < 4.78 is 0. The molecule has 1 aromatic carbocycles. The van der Waals surface area contributed by atoms with Gasteiger partial charge in [-0.3, -0.25) is 14.9 Å². The fraction of sp³-hybridized carbons (Fsp3) is 0.278. The fourth-order valence-electron chi connectivity index (χ4n) is 2.56. The van der Waals surface area contributed by atoms with Gasteiger partial charge in [-0.1, -0.05) is 36.8 Å². The lowest BCUT2D eigenvalue weighted by molar-refractivity contribution is 0.102. The van der Waals surface area contributed by atoms with Gasteiger partial charge in [0.15, 0.2) is 0 Å². The molecule has 2 aromatic heterocycles. The Hall–Kier alpha value is -2.58. The van der Waals surface area contributed by atoms with Gasteiger partial charge in [0.25, 0.3) is 11.5 Å². The highest BCUT2D eigenvalue weighted by atomic mass is 35.5. The fourth-order valence-corrected chi connectivity index (χ4v) is 3.69. The van der Waals surface area contributed by atoms with Crippen LogP contribution < -0.4 is 10.9 Å². The number of hydrogen-bond acceptors (Lipinski definition) is 6. The SMILES string of the molecule is CCC(CC)c1nnc(NC(=O)c2cnc(-c3ccc(Cl)cc3)[nH]c2=O)s1. The van der Waals surface area contributed by atoms with Gasteiger partial charge in [-0.25, -0.2) is 4.98 Å². The first-order valence-electron chi connectivity index (χ1n) is 8.51. The second kappa shape index (κ2) is 8.41. The Balaban J connectivity index is 1.77. The van der Waals surface area contributed by atoms with Crippen LogP contribution in [0.4, 0.5) is 5.13 Å². The van der Waals surface area contributed by atoms with Crippen LogP contribution in [0.5, 0.6) is 0 Å². The van der Waals surface area contributed by atoms with E-state index in [1.807, 2.05) is 0 Å². The minimum atomic E-state index is -0.571. The van der Waals surface area contributed by atoms with E-state index in [0.717, 1.165) is 17.8 Å². The first-order valence-corrected chi connectivity index (χ1v) is 9.71. The topological polar surface area (TPSA) is 101 Å². The molecule has 0 aliphatic carbocycles. The van der Waals surface area contributed by atoms with Crippen LogP contribution in [0.3, 0.4) is 0 Å². The predicted octanol–water partition coefficient (Wildman–Crippen LogP) is 4.10. The van der Waals surface area contributed by atoms with E-state index in [9.17, 15) is 9.59 Å². The van der Waals surface area contributed by atoms with E-state index in [1.165, 1.54) is 17.5 Å². The predicted molar refractivity (Wildman–Crippen MR) is 106 cm³/mol. The van der Waals surface area contributed by atoms with E-state index in [-0.39, 0.29) is 5.56 Å². The van der Waals surface area contributed by atoms with Gasteiger partial charge in [0.05, 0.1) is 0 Å². The molecule has 0 atom stereocenters. The number of aromatic amines is 1. The third-order valence-corrected chi connectivity index (χ3v) is 5.41. The van der Waals surface area contributed by atoms with Gasteiger partial charge in [0, 0.05) is 22.7 Å². The van der Waals surface area contributed by atoms with Crippen molar-refractivity contribution in [3.05, 3.63) is 56.4 Å². The Kier molecular flexibility index (Phi) is 5.98. The third-order valence-electron chi connectivity index (χ3n) is 4.16. The molecule has 27 heavy (non-hydrogen) atoms. The zero-order valence-corrected chi connectivity index (χ0v) is 16.4. The minimum absolute atomic E-state index is 0.0907. The maximum Gasteiger partial charge on any atom is 0.264 e. The number of halogens is 1. The second-order valence-electron chi connectivity index (χ2n) is 5.89. The molecular formula is C18H18ClN5O2S. The van der Waals surface area contributed by atoms with Gasteiger partial charge in [-0.2, -0.15) is 0 Å². The number of anilines is 1. The molecule has 7 nitrogen and oxygen atoms in total. The molecule has 0 unspecified atom stereocenters. The molecule has 140 valence electrons. The van der Waals surface area contributed by atoms with Gasteiger partial charge in [0.1, 0.15) is 16.4 Å². The highest BCUT2D eigenvalue weighted by Crippen LogP contribution is 2.28. The second-order valence-corrected chi connectivity index (χ2v) is 7.34. The summed E-state index contributed by atoms with van der Waals surface area (Å²) in [4.78, 5) is 31.5. The standard InChI is InChI=1S/C18H18ClN5O2S/c1-3-10(4-2)17-23-24-18(27-17)22-16(26)13-9-20-14(21-15(13)25)11-5-7-12(19)8-6-11/h5-10H,3-4H2,1-2H3,(H,20,21,25)(H,22,24,26). The van der Waals surface area contributed by atoms with Crippen molar-refractivity contribution in [3.63, 3.8) is 0 Å². The van der Waals surface area contributed by atoms with E-state index in [0.29, 0.717) is 27.5 Å². The minimum Gasteiger partial charge on any atom is -0.306 e. The summed E-state index contributed by atoms with van der Waals surface area (Å²) in [6.07, 6.45) is 3.16. The van der Waals surface area contributed by atoms with Crippen LogP contribution >= 0.6 is 22.9 Å². The highest BCUT2D eigenvalue weighted by molar-refractivity contribution is 7.15. The van der Waals surface area contributed by atoms with E-state index in [2.05, 4.69) is 39.3 Å². The molecule has 0 aliphatic heterocycles. The van der Waals surface area contributed by atoms with Crippen molar-refractivity contribution in [2.45, 2.75) is 32.6 Å². The zero-order valence-electron chi connectivity index (χ0n) is 14.8. The molecule has 0 fully saturated rings. The van der Waals surface area contributed by atoms with Gasteiger partial charge in [-0.05, 0) is 37.1 Å². The Labute approximate surface area is 164 Å². The summed E-state index contributed by atoms with van der Waals surface area (Å²) in [6, 6.07) is 6.87. The maximum atomic E-state index is 12.4. The molecular weight excluding hydrogens is 386 g/mol. The van der Waals surface area contributed by atoms with Gasteiger partial charge in [-0.15, -0.1) is 10.2 Å². The molecule has 0 saturated heterocycles. The summed E-state index contributed by atoms with van der Waals surface area (Å²) in [7, 11) is 0. The first kappa shape index (κ1) is 19.2. The van der Waals surface area contributed by atoms with Crippen molar-refractivity contribution >= 4 is 34.0 Å². The quantitative estimate of drug-likeness (QED) is 0.645. The molecule has 9 heteroatoms. The molecule has 2 N–H and O–H groups in total. The van der Waals surface area contributed by atoms with Crippen LogP contribution in [0.15, 0.2) is 35.3 Å². The summed E-state index contributed by atoms with van der Waals surface area (Å²) in [6.45, 7) is 4.17. The average molecular weight is 404 g/mol. The van der Waals surface area contributed by atoms with Crippen molar-refractivity contribution in [1.29, 1.82) is 0 Å². The number of aromatic nitrogens is 4. The highest BCUT2D eigenvalue weighted by Gasteiger charge is 2.17. The number of nitrogens with zero attached hydrogens (tertiary/aromatic N) is 3. The molecule has 0 bridgehead atoms. The van der Waals surface area contributed by atoms with Crippen LogP contribution in [-0.4, -0.2) is 26.1 Å². The van der Waals surface area contributed by atoms with E-state index >= 15 is 0 Å². The Bertz CT molecular complexity index is 995. The van der Waals surface area contributed by atoms with Gasteiger partial charge in [0.2, 0.25) is 5.13 Å². The Morgan fingerprint density at radius 2 is 1.93 bits per heavy atom. The van der Waals surface area contributed by atoms with E-state index in [1.54, 1.807) is 24.3 Å². The zero-order chi connectivity index (χ0) is 19.4. The lowest BCUT2D eigenvalue weighted by Crippen LogP contribution is -2.24. The van der Waals surface area contributed by atoms with Gasteiger partial charge < -0.3 is 4.98 Å². The lowest BCUT2D eigenvalue weighted by Gasteiger charge is -2.06. The van der Waals surface area contributed by atoms with Crippen molar-refractivity contribution < 1.29 is 4.79 Å². The molecule has 1 amide bonds. The van der Waals surface area contributed by atoms with E-state index in [4.69, 9.17) is 11.6 Å². The van der Waals surface area contributed by atoms with Crippen LogP contribution in [0.2, 0.25) is 5.02 Å².